The molecular weight excluding hydrogens is 240 g/mol. The van der Waals surface area contributed by atoms with Gasteiger partial charge in [-0.2, -0.15) is 0 Å². The molecule has 2 aliphatic rings. The van der Waals surface area contributed by atoms with Gasteiger partial charge in [-0.1, -0.05) is 6.92 Å². The molecule has 19 heavy (non-hydrogen) atoms. The molecule has 1 saturated carbocycles. The van der Waals surface area contributed by atoms with E-state index in [9.17, 15) is 9.90 Å². The van der Waals surface area contributed by atoms with Crippen molar-refractivity contribution >= 4 is 5.91 Å². The predicted octanol–water partition coefficient (Wildman–Crippen LogP) is 1.48. The summed E-state index contributed by atoms with van der Waals surface area (Å²) >= 11 is 0. The Labute approximate surface area is 116 Å². The maximum atomic E-state index is 12.4. The van der Waals surface area contributed by atoms with Crippen molar-refractivity contribution in [2.75, 3.05) is 26.7 Å². The Balaban J connectivity index is 1.75. The van der Waals surface area contributed by atoms with Crippen LogP contribution in [0.1, 0.15) is 45.4 Å². The van der Waals surface area contributed by atoms with Gasteiger partial charge in [0.2, 0.25) is 5.91 Å². The van der Waals surface area contributed by atoms with Gasteiger partial charge in [0.05, 0.1) is 12.6 Å². The van der Waals surface area contributed by atoms with E-state index in [0.29, 0.717) is 18.5 Å². The number of aliphatic hydroxyl groups excluding tert-OH is 1. The van der Waals surface area contributed by atoms with Crippen LogP contribution < -0.4 is 0 Å². The van der Waals surface area contributed by atoms with Gasteiger partial charge in [-0.05, 0) is 51.5 Å². The van der Waals surface area contributed by atoms with Crippen LogP contribution in [-0.4, -0.2) is 59.6 Å². The summed E-state index contributed by atoms with van der Waals surface area (Å²) in [5, 5.41) is 9.29. The maximum Gasteiger partial charge on any atom is 0.236 e. The summed E-state index contributed by atoms with van der Waals surface area (Å²) < 4.78 is 0. The predicted molar refractivity (Wildman–Crippen MR) is 75.9 cm³/mol. The summed E-state index contributed by atoms with van der Waals surface area (Å²) in [6.07, 6.45) is 6.37. The summed E-state index contributed by atoms with van der Waals surface area (Å²) in [7, 11) is 2.02. The lowest BCUT2D eigenvalue weighted by atomic mass is 9.82. The van der Waals surface area contributed by atoms with E-state index < -0.39 is 0 Å². The molecule has 1 unspecified atom stereocenters. The van der Waals surface area contributed by atoms with Gasteiger partial charge in [-0.3, -0.25) is 9.69 Å². The average Bonchev–Trinajstić information content (AvgIpc) is 2.36. The first kappa shape index (κ1) is 14.8. The van der Waals surface area contributed by atoms with Crippen LogP contribution in [0.4, 0.5) is 0 Å². The highest BCUT2D eigenvalue weighted by Gasteiger charge is 2.30. The molecule has 1 saturated heterocycles. The summed E-state index contributed by atoms with van der Waals surface area (Å²) in [6.45, 7) is 4.58. The van der Waals surface area contributed by atoms with Crippen molar-refractivity contribution in [3.63, 3.8) is 0 Å². The molecule has 1 amide bonds. The number of likely N-dealkylation sites (tertiary alicyclic amines) is 1. The van der Waals surface area contributed by atoms with Crippen molar-refractivity contribution in [1.29, 1.82) is 0 Å². The van der Waals surface area contributed by atoms with Crippen molar-refractivity contribution in [2.45, 2.75) is 57.6 Å². The number of likely N-dealkylation sites (N-methyl/N-ethyl adjacent to an activating group) is 1. The van der Waals surface area contributed by atoms with Gasteiger partial charge in [-0.15, -0.1) is 0 Å². The zero-order valence-corrected chi connectivity index (χ0v) is 12.3. The van der Waals surface area contributed by atoms with Crippen molar-refractivity contribution < 1.29 is 9.90 Å². The van der Waals surface area contributed by atoms with E-state index in [1.165, 1.54) is 12.8 Å². The summed E-state index contributed by atoms with van der Waals surface area (Å²) in [5.74, 6) is 0.866. The minimum atomic E-state index is -0.0966. The van der Waals surface area contributed by atoms with Crippen LogP contribution in [0.3, 0.4) is 0 Å². The standard InChI is InChI=1S/C15H28N2O2/c1-3-13-6-4-5-7-17(13)15(19)11-16(2)10-12-8-14(18)9-12/h12-14,18H,3-11H2,1-2H3. The highest BCUT2D eigenvalue weighted by atomic mass is 16.3. The molecule has 1 heterocycles. The monoisotopic (exact) mass is 268 g/mol. The van der Waals surface area contributed by atoms with E-state index in [1.54, 1.807) is 0 Å². The number of hydrogen-bond donors (Lipinski definition) is 1. The Morgan fingerprint density at radius 3 is 2.74 bits per heavy atom. The number of rotatable bonds is 5. The summed E-state index contributed by atoms with van der Waals surface area (Å²) in [5.41, 5.74) is 0. The SMILES string of the molecule is CCC1CCCCN1C(=O)CN(C)CC1CC(O)C1. The third-order valence-corrected chi connectivity index (χ3v) is 4.60. The molecule has 1 aliphatic heterocycles. The number of aliphatic hydroxyl groups is 1. The summed E-state index contributed by atoms with van der Waals surface area (Å²) in [6, 6.07) is 0.458. The van der Waals surface area contributed by atoms with Crippen molar-refractivity contribution in [1.82, 2.24) is 9.80 Å². The molecule has 4 nitrogen and oxygen atoms in total. The van der Waals surface area contributed by atoms with Crippen molar-refractivity contribution in [3.8, 4) is 0 Å². The van der Waals surface area contributed by atoms with E-state index in [4.69, 9.17) is 0 Å². The molecular formula is C15H28N2O2. The molecule has 0 spiro atoms. The smallest absolute Gasteiger partial charge is 0.236 e. The molecule has 4 heteroatoms. The lowest BCUT2D eigenvalue weighted by Crippen LogP contribution is -2.48. The minimum Gasteiger partial charge on any atom is -0.393 e. The van der Waals surface area contributed by atoms with E-state index in [0.717, 1.165) is 38.8 Å². The van der Waals surface area contributed by atoms with Crippen LogP contribution in [0.2, 0.25) is 0 Å². The third kappa shape index (κ3) is 3.93. The molecule has 0 radical (unpaired) electrons. The summed E-state index contributed by atoms with van der Waals surface area (Å²) in [4.78, 5) is 16.6. The van der Waals surface area contributed by atoms with Gasteiger partial charge in [0, 0.05) is 19.1 Å². The minimum absolute atomic E-state index is 0.0966. The second-order valence-corrected chi connectivity index (χ2v) is 6.33. The second-order valence-electron chi connectivity index (χ2n) is 6.33. The number of amides is 1. The van der Waals surface area contributed by atoms with Gasteiger partial charge in [0.15, 0.2) is 0 Å². The van der Waals surface area contributed by atoms with Crippen molar-refractivity contribution in [3.05, 3.63) is 0 Å². The zero-order valence-electron chi connectivity index (χ0n) is 12.3. The van der Waals surface area contributed by atoms with Crippen LogP contribution in [-0.2, 0) is 4.79 Å². The molecule has 1 N–H and O–H groups in total. The first-order chi connectivity index (χ1) is 9.10. The van der Waals surface area contributed by atoms with E-state index >= 15 is 0 Å². The maximum absolute atomic E-state index is 12.4. The van der Waals surface area contributed by atoms with E-state index in [1.807, 2.05) is 7.05 Å². The molecule has 2 rings (SSSR count). The molecule has 0 aromatic heterocycles. The van der Waals surface area contributed by atoms with Crippen LogP contribution in [0.15, 0.2) is 0 Å². The van der Waals surface area contributed by atoms with Gasteiger partial charge in [0.1, 0.15) is 0 Å². The molecule has 2 fully saturated rings. The number of hydrogen-bond acceptors (Lipinski definition) is 3. The molecule has 1 aliphatic carbocycles. The number of piperidine rings is 1. The number of carbonyl (C=O) groups is 1. The number of nitrogens with zero attached hydrogens (tertiary/aromatic N) is 2. The van der Waals surface area contributed by atoms with E-state index in [-0.39, 0.29) is 12.0 Å². The Bertz CT molecular complexity index is 303. The first-order valence-electron chi connectivity index (χ1n) is 7.76. The Kier molecular flexibility index (Phi) is 5.22. The van der Waals surface area contributed by atoms with Gasteiger partial charge >= 0.3 is 0 Å². The van der Waals surface area contributed by atoms with Gasteiger partial charge in [0.25, 0.3) is 0 Å². The normalized spacial score (nSPS) is 31.4. The third-order valence-electron chi connectivity index (χ3n) is 4.60. The van der Waals surface area contributed by atoms with Crippen LogP contribution >= 0.6 is 0 Å². The highest BCUT2D eigenvalue weighted by molar-refractivity contribution is 5.78. The van der Waals surface area contributed by atoms with Crippen LogP contribution in [0.5, 0.6) is 0 Å². The Morgan fingerprint density at radius 2 is 2.11 bits per heavy atom. The average molecular weight is 268 g/mol. The highest BCUT2D eigenvalue weighted by Crippen LogP contribution is 2.27. The fraction of sp³-hybridized carbons (Fsp3) is 0.933. The zero-order chi connectivity index (χ0) is 13.8. The Morgan fingerprint density at radius 1 is 1.37 bits per heavy atom. The van der Waals surface area contributed by atoms with Crippen LogP contribution in [0.25, 0.3) is 0 Å². The van der Waals surface area contributed by atoms with Crippen LogP contribution in [0, 0.1) is 5.92 Å². The Hall–Kier alpha value is -0.610. The second kappa shape index (κ2) is 6.71. The fourth-order valence-corrected chi connectivity index (χ4v) is 3.43. The lowest BCUT2D eigenvalue weighted by molar-refractivity contribution is -0.136. The van der Waals surface area contributed by atoms with Gasteiger partial charge in [-0.25, -0.2) is 0 Å². The molecule has 110 valence electrons. The van der Waals surface area contributed by atoms with Crippen molar-refractivity contribution in [2.24, 2.45) is 5.92 Å². The molecule has 0 aromatic carbocycles. The van der Waals surface area contributed by atoms with E-state index in [2.05, 4.69) is 16.7 Å². The fourth-order valence-electron chi connectivity index (χ4n) is 3.43. The lowest BCUT2D eigenvalue weighted by Gasteiger charge is -2.38. The first-order valence-corrected chi connectivity index (χ1v) is 7.76. The number of carbonyl (C=O) groups excluding carboxylic acids is 1. The quantitative estimate of drug-likeness (QED) is 0.821. The van der Waals surface area contributed by atoms with Gasteiger partial charge < -0.3 is 10.0 Å². The topological polar surface area (TPSA) is 43.8 Å². The molecule has 0 aromatic rings. The molecule has 0 bridgehead atoms. The molecule has 1 atom stereocenters. The largest absolute Gasteiger partial charge is 0.393 e.